The van der Waals surface area contributed by atoms with E-state index in [0.29, 0.717) is 17.9 Å². The third kappa shape index (κ3) is 2.23. The van der Waals surface area contributed by atoms with Crippen LogP contribution >= 0.6 is 11.3 Å². The summed E-state index contributed by atoms with van der Waals surface area (Å²) in [7, 11) is 0. The van der Waals surface area contributed by atoms with E-state index in [9.17, 15) is 4.79 Å². The highest BCUT2D eigenvalue weighted by Gasteiger charge is 2.61. The minimum atomic E-state index is 0.116. The van der Waals surface area contributed by atoms with Crippen molar-refractivity contribution < 1.29 is 9.53 Å². The molecule has 2 atom stereocenters. The molecule has 5 heteroatoms. The van der Waals surface area contributed by atoms with Gasteiger partial charge in [0.2, 0.25) is 0 Å². The van der Waals surface area contributed by atoms with E-state index >= 15 is 0 Å². The zero-order valence-corrected chi connectivity index (χ0v) is 15.6. The summed E-state index contributed by atoms with van der Waals surface area (Å²) in [4.78, 5) is 13.9. The highest BCUT2D eigenvalue weighted by atomic mass is 32.1. The van der Waals surface area contributed by atoms with Gasteiger partial charge in [0.15, 0.2) is 0 Å². The topological polar surface area (TPSA) is 60.3 Å². The lowest BCUT2D eigenvalue weighted by atomic mass is 9.61. The zero-order chi connectivity index (χ0) is 17.3. The molecule has 1 amide bonds. The summed E-state index contributed by atoms with van der Waals surface area (Å²) < 4.78 is 6.52. The van der Waals surface area contributed by atoms with Gasteiger partial charge in [-0.2, -0.15) is 0 Å². The summed E-state index contributed by atoms with van der Waals surface area (Å²) >= 11 is 1.63. The van der Waals surface area contributed by atoms with E-state index in [4.69, 9.17) is 4.74 Å². The van der Waals surface area contributed by atoms with Crippen molar-refractivity contribution in [3.63, 3.8) is 0 Å². The molecule has 3 saturated carbocycles. The number of hydrogen-bond donors (Lipinski definition) is 2. The number of fused-ring (bicyclic) bond motifs is 3. The highest BCUT2D eigenvalue weighted by molar-refractivity contribution is 7.20. The van der Waals surface area contributed by atoms with Gasteiger partial charge in [0.05, 0.1) is 29.7 Å². The zero-order valence-electron chi connectivity index (χ0n) is 14.8. The van der Waals surface area contributed by atoms with Crippen LogP contribution in [0.15, 0.2) is 24.3 Å². The van der Waals surface area contributed by atoms with Crippen molar-refractivity contribution in [2.75, 3.05) is 19.8 Å². The second kappa shape index (κ2) is 5.54. The largest absolute Gasteiger partial charge is 0.380 e. The molecule has 0 radical (unpaired) electrons. The molecule has 3 aliphatic carbocycles. The molecule has 5 fully saturated rings. The first kappa shape index (κ1) is 15.6. The Morgan fingerprint density at radius 2 is 2.00 bits per heavy atom. The number of nitrogens with one attached hydrogen (secondary N) is 2. The molecule has 1 aromatic carbocycles. The summed E-state index contributed by atoms with van der Waals surface area (Å²) in [5.41, 5.74) is 1.55. The van der Waals surface area contributed by atoms with Crippen LogP contribution in [0.25, 0.3) is 10.1 Å². The quantitative estimate of drug-likeness (QED) is 0.818. The second-order valence-electron chi connectivity index (χ2n) is 8.60. The number of amides is 1. The number of thiophene rings is 1. The molecular weight excluding hydrogens is 344 g/mol. The fraction of sp³-hybridized carbons (Fsp3) is 0.571. The Morgan fingerprint density at radius 1 is 1.19 bits per heavy atom. The normalized spacial score (nSPS) is 35.6. The molecular formula is C21H24N2O2S. The third-order valence-corrected chi connectivity index (χ3v) is 8.37. The molecule has 26 heavy (non-hydrogen) atoms. The summed E-state index contributed by atoms with van der Waals surface area (Å²) in [6.45, 7) is 2.73. The van der Waals surface area contributed by atoms with Gasteiger partial charge in [-0.3, -0.25) is 4.79 Å². The molecule has 3 heterocycles. The van der Waals surface area contributed by atoms with Crippen LogP contribution in [0.2, 0.25) is 0 Å². The average Bonchev–Trinajstić information content (AvgIpc) is 3.27. The van der Waals surface area contributed by atoms with Crippen LogP contribution in [0.5, 0.6) is 0 Å². The summed E-state index contributed by atoms with van der Waals surface area (Å²) in [6.07, 6.45) is 5.22. The monoisotopic (exact) mass is 368 g/mol. The molecule has 2 bridgehead atoms. The van der Waals surface area contributed by atoms with Crippen molar-refractivity contribution in [1.82, 2.24) is 10.6 Å². The van der Waals surface area contributed by atoms with E-state index in [1.807, 2.05) is 0 Å². The van der Waals surface area contributed by atoms with Crippen LogP contribution in [-0.4, -0.2) is 37.2 Å². The maximum atomic E-state index is 13.0. The van der Waals surface area contributed by atoms with Gasteiger partial charge in [0, 0.05) is 17.2 Å². The molecule has 1 aromatic heterocycles. The fourth-order valence-electron chi connectivity index (χ4n) is 5.55. The first-order valence-corrected chi connectivity index (χ1v) is 10.7. The number of benzene rings is 1. The number of carbonyl (C=O) groups is 1. The van der Waals surface area contributed by atoms with Crippen molar-refractivity contribution in [3.8, 4) is 0 Å². The van der Waals surface area contributed by atoms with Crippen molar-refractivity contribution in [2.45, 2.75) is 43.2 Å². The molecule has 7 rings (SSSR count). The number of hydrogen-bond acceptors (Lipinski definition) is 4. The van der Waals surface area contributed by atoms with Crippen molar-refractivity contribution in [2.24, 2.45) is 11.8 Å². The van der Waals surface area contributed by atoms with Crippen LogP contribution < -0.4 is 10.6 Å². The fourth-order valence-corrected chi connectivity index (χ4v) is 6.57. The molecule has 4 nitrogen and oxygen atoms in total. The Hall–Kier alpha value is -1.43. The van der Waals surface area contributed by atoms with Crippen LogP contribution in [0, 0.1) is 11.8 Å². The third-order valence-electron chi connectivity index (χ3n) is 7.28. The SMILES string of the molecule is O=C(NC1C2CCC(CC2)[C@@]12CN2)c1cc2ccc(C3COC3)cc2s1. The Bertz CT molecular complexity index is 875. The Kier molecular flexibility index (Phi) is 3.32. The molecule has 2 aliphatic heterocycles. The average molecular weight is 369 g/mol. The molecule has 2 aromatic rings. The molecule has 2 saturated heterocycles. The van der Waals surface area contributed by atoms with Crippen LogP contribution in [-0.2, 0) is 4.74 Å². The van der Waals surface area contributed by atoms with Crippen molar-refractivity contribution in [1.29, 1.82) is 0 Å². The smallest absolute Gasteiger partial charge is 0.261 e. The number of ether oxygens (including phenoxy) is 1. The van der Waals surface area contributed by atoms with Gasteiger partial charge in [0.1, 0.15) is 0 Å². The number of rotatable bonds is 3. The van der Waals surface area contributed by atoms with Gasteiger partial charge >= 0.3 is 0 Å². The lowest BCUT2D eigenvalue weighted by Gasteiger charge is -2.48. The van der Waals surface area contributed by atoms with E-state index in [1.54, 1.807) is 11.3 Å². The molecule has 136 valence electrons. The van der Waals surface area contributed by atoms with E-state index < -0.39 is 0 Å². The van der Waals surface area contributed by atoms with Crippen LogP contribution in [0.4, 0.5) is 0 Å². The van der Waals surface area contributed by atoms with Gasteiger partial charge in [-0.1, -0.05) is 12.1 Å². The maximum absolute atomic E-state index is 13.0. The van der Waals surface area contributed by atoms with E-state index in [2.05, 4.69) is 34.9 Å². The lowest BCUT2D eigenvalue weighted by Crippen LogP contribution is -2.60. The van der Waals surface area contributed by atoms with Gasteiger partial charge in [-0.25, -0.2) is 0 Å². The molecule has 5 aliphatic rings. The molecule has 1 unspecified atom stereocenters. The maximum Gasteiger partial charge on any atom is 0.261 e. The number of carbonyl (C=O) groups excluding carboxylic acids is 1. The summed E-state index contributed by atoms with van der Waals surface area (Å²) in [5, 5.41) is 8.23. The molecule has 2 N–H and O–H groups in total. The van der Waals surface area contributed by atoms with Crippen molar-refractivity contribution >= 4 is 27.3 Å². The minimum Gasteiger partial charge on any atom is -0.380 e. The van der Waals surface area contributed by atoms with Gasteiger partial charge in [0.25, 0.3) is 5.91 Å². The Balaban J connectivity index is 1.26. The molecule has 1 spiro atoms. The Labute approximate surface area is 157 Å². The van der Waals surface area contributed by atoms with Gasteiger partial charge in [-0.15, -0.1) is 11.3 Å². The summed E-state index contributed by atoms with van der Waals surface area (Å²) in [6, 6.07) is 8.96. The van der Waals surface area contributed by atoms with Crippen LogP contribution in [0.1, 0.15) is 46.8 Å². The Morgan fingerprint density at radius 3 is 2.69 bits per heavy atom. The lowest BCUT2D eigenvalue weighted by molar-refractivity contribution is 0.00848. The standard InChI is InChI=1S/C21H24N2O2S/c24-20(23-19-12-3-5-16(6-4-12)21(19)11-22-21)18-8-14-2-1-13(7-17(14)26-18)15-9-25-10-15/h1-2,7-8,12,15-16,19,22H,3-6,9-11H2,(H,23,24)/t12?,16?,19?,21-/m0/s1. The van der Waals surface area contributed by atoms with Crippen molar-refractivity contribution in [3.05, 3.63) is 34.7 Å². The van der Waals surface area contributed by atoms with Gasteiger partial charge < -0.3 is 15.4 Å². The first-order valence-electron chi connectivity index (χ1n) is 9.90. The predicted octanol–water partition coefficient (Wildman–Crippen LogP) is 3.28. The predicted molar refractivity (Wildman–Crippen MR) is 103 cm³/mol. The first-order chi connectivity index (χ1) is 12.7. The summed E-state index contributed by atoms with van der Waals surface area (Å²) in [5.74, 6) is 2.05. The highest BCUT2D eigenvalue weighted by Crippen LogP contribution is 2.51. The minimum absolute atomic E-state index is 0.116. The van der Waals surface area contributed by atoms with E-state index in [-0.39, 0.29) is 11.4 Å². The van der Waals surface area contributed by atoms with E-state index in [1.165, 1.54) is 41.3 Å². The second-order valence-corrected chi connectivity index (χ2v) is 9.68. The van der Waals surface area contributed by atoms with Crippen LogP contribution in [0.3, 0.4) is 0 Å². The van der Waals surface area contributed by atoms with Gasteiger partial charge in [-0.05, 0) is 60.6 Å². The van der Waals surface area contributed by atoms with E-state index in [0.717, 1.165) is 30.6 Å².